The number of ether oxygens (including phenoxy) is 1. The van der Waals surface area contributed by atoms with E-state index in [9.17, 15) is 13.2 Å². The minimum Gasteiger partial charge on any atom is -0.477 e. The molecule has 0 atom stereocenters. The number of rotatable bonds is 3. The molecule has 72 valence electrons. The van der Waals surface area contributed by atoms with Crippen LogP contribution in [0.3, 0.4) is 0 Å². The Morgan fingerprint density at radius 2 is 2.31 bits per heavy atom. The Bertz CT molecular complexity index is 391. The van der Waals surface area contributed by atoms with Crippen LogP contribution in [0.5, 0.6) is 0 Å². The monoisotopic (exact) mass is 205 g/mol. The smallest absolute Gasteiger partial charge is 0.349 e. The second-order valence-electron chi connectivity index (χ2n) is 2.30. The van der Waals surface area contributed by atoms with E-state index in [2.05, 4.69) is 9.13 Å². The second-order valence-corrected chi connectivity index (χ2v) is 3.88. The summed E-state index contributed by atoms with van der Waals surface area (Å²) >= 11 is 0. The van der Waals surface area contributed by atoms with Crippen molar-refractivity contribution in [1.82, 2.24) is 0 Å². The molecule has 1 N–H and O–H groups in total. The maximum atomic E-state index is 11.0. The Morgan fingerprint density at radius 1 is 1.69 bits per heavy atom. The summed E-state index contributed by atoms with van der Waals surface area (Å²) in [5, 5.41) is 8.47. The van der Waals surface area contributed by atoms with Crippen molar-refractivity contribution in [1.29, 1.82) is 0 Å². The van der Waals surface area contributed by atoms with Gasteiger partial charge in [0.05, 0.1) is 12.3 Å². The molecule has 0 fully saturated rings. The maximum Gasteiger partial charge on any atom is 0.349 e. The standard InChI is InChI=1S/C6H7NO5S/c1-12-3-4-2-5(6(8)9)13(10,11)7-4/h2H,3H2,1H3,(H,8,9). The molecule has 0 radical (unpaired) electrons. The lowest BCUT2D eigenvalue weighted by Gasteiger charge is -1.90. The van der Waals surface area contributed by atoms with Crippen LogP contribution in [0, 0.1) is 0 Å². The van der Waals surface area contributed by atoms with E-state index >= 15 is 0 Å². The van der Waals surface area contributed by atoms with Crippen molar-refractivity contribution in [2.45, 2.75) is 0 Å². The number of carboxylic acids is 1. The van der Waals surface area contributed by atoms with Gasteiger partial charge in [-0.25, -0.2) is 4.79 Å². The first-order valence-electron chi connectivity index (χ1n) is 3.25. The van der Waals surface area contributed by atoms with Gasteiger partial charge in [-0.3, -0.25) is 0 Å². The highest BCUT2D eigenvalue weighted by molar-refractivity contribution is 7.95. The number of carboxylic acid groups (broad SMARTS) is 1. The van der Waals surface area contributed by atoms with Crippen LogP contribution in [0.25, 0.3) is 0 Å². The molecule has 7 heteroatoms. The Kier molecular flexibility index (Phi) is 2.48. The van der Waals surface area contributed by atoms with E-state index in [0.29, 0.717) is 0 Å². The summed E-state index contributed by atoms with van der Waals surface area (Å²) in [6, 6.07) is 0. The lowest BCUT2D eigenvalue weighted by molar-refractivity contribution is -0.131. The van der Waals surface area contributed by atoms with Crippen molar-refractivity contribution in [3.63, 3.8) is 0 Å². The van der Waals surface area contributed by atoms with Crippen LogP contribution in [-0.4, -0.2) is 38.9 Å². The first kappa shape index (κ1) is 9.87. The van der Waals surface area contributed by atoms with Gasteiger partial charge in [-0.1, -0.05) is 0 Å². The molecule has 0 bridgehead atoms. The molecule has 0 saturated carbocycles. The largest absolute Gasteiger partial charge is 0.477 e. The van der Waals surface area contributed by atoms with E-state index in [1.165, 1.54) is 7.11 Å². The summed E-state index contributed by atoms with van der Waals surface area (Å²) in [6.45, 7) is -0.0178. The lowest BCUT2D eigenvalue weighted by Crippen LogP contribution is -2.07. The summed E-state index contributed by atoms with van der Waals surface area (Å²) in [5.41, 5.74) is 0.0971. The average Bonchev–Trinajstić information content (AvgIpc) is 2.26. The van der Waals surface area contributed by atoms with Crippen LogP contribution >= 0.6 is 0 Å². The summed E-state index contributed by atoms with van der Waals surface area (Å²) < 4.78 is 29.8. The Labute approximate surface area is 74.6 Å². The fraction of sp³-hybridized carbons (Fsp3) is 0.333. The molecule has 1 aliphatic heterocycles. The molecule has 6 nitrogen and oxygen atoms in total. The zero-order valence-electron chi connectivity index (χ0n) is 6.72. The topological polar surface area (TPSA) is 93.0 Å². The number of sulfonamides is 1. The SMILES string of the molecule is COCC1=NS(=O)(=O)C(C(=O)O)=C1. The molecular weight excluding hydrogens is 198 g/mol. The summed E-state index contributed by atoms with van der Waals surface area (Å²) in [7, 11) is -2.63. The molecule has 0 aromatic carbocycles. The van der Waals surface area contributed by atoms with Crippen LogP contribution in [0.2, 0.25) is 0 Å². The first-order valence-corrected chi connectivity index (χ1v) is 4.69. The fourth-order valence-corrected chi connectivity index (χ4v) is 1.86. The molecule has 0 aromatic rings. The maximum absolute atomic E-state index is 11.0. The van der Waals surface area contributed by atoms with Crippen molar-refractivity contribution in [2.24, 2.45) is 4.40 Å². The van der Waals surface area contributed by atoms with Gasteiger partial charge in [0.2, 0.25) is 0 Å². The van der Waals surface area contributed by atoms with Gasteiger partial charge < -0.3 is 9.84 Å². The molecular formula is C6H7NO5S. The van der Waals surface area contributed by atoms with E-state index in [4.69, 9.17) is 5.11 Å². The molecule has 0 spiro atoms. The number of hydrogen-bond donors (Lipinski definition) is 1. The van der Waals surface area contributed by atoms with Crippen LogP contribution < -0.4 is 0 Å². The van der Waals surface area contributed by atoms with Crippen molar-refractivity contribution in [3.05, 3.63) is 11.0 Å². The highest BCUT2D eigenvalue weighted by Gasteiger charge is 2.29. The summed E-state index contributed by atoms with van der Waals surface area (Å²) in [5.74, 6) is -1.50. The Balaban J connectivity index is 3.05. The van der Waals surface area contributed by atoms with Crippen LogP contribution in [0.4, 0.5) is 0 Å². The normalized spacial score (nSPS) is 19.5. The predicted molar refractivity (Wildman–Crippen MR) is 43.9 cm³/mol. The third-order valence-corrected chi connectivity index (χ3v) is 2.64. The van der Waals surface area contributed by atoms with Gasteiger partial charge in [0.1, 0.15) is 0 Å². The zero-order valence-corrected chi connectivity index (χ0v) is 7.54. The summed E-state index contributed by atoms with van der Waals surface area (Å²) in [4.78, 5) is 9.70. The van der Waals surface area contributed by atoms with Crippen LogP contribution in [-0.2, 0) is 19.6 Å². The number of hydrogen-bond acceptors (Lipinski definition) is 4. The van der Waals surface area contributed by atoms with E-state index in [0.717, 1.165) is 6.08 Å². The molecule has 0 amide bonds. The number of methoxy groups -OCH3 is 1. The lowest BCUT2D eigenvalue weighted by atomic mass is 10.3. The molecule has 0 saturated heterocycles. The van der Waals surface area contributed by atoms with Crippen molar-refractivity contribution >= 4 is 21.7 Å². The predicted octanol–water partition coefficient (Wildman–Crippen LogP) is -0.614. The van der Waals surface area contributed by atoms with E-state index in [1.54, 1.807) is 0 Å². The molecule has 0 aliphatic carbocycles. The Hall–Kier alpha value is -1.21. The molecule has 1 rings (SSSR count). The minimum absolute atomic E-state index is 0.0178. The zero-order chi connectivity index (χ0) is 10.1. The van der Waals surface area contributed by atoms with E-state index in [-0.39, 0.29) is 12.3 Å². The summed E-state index contributed by atoms with van der Waals surface area (Å²) in [6.07, 6.45) is 0.987. The van der Waals surface area contributed by atoms with Gasteiger partial charge in [-0.2, -0.15) is 12.8 Å². The number of nitrogens with zero attached hydrogens (tertiary/aromatic N) is 1. The van der Waals surface area contributed by atoms with Gasteiger partial charge >= 0.3 is 5.97 Å². The van der Waals surface area contributed by atoms with Gasteiger partial charge in [0.25, 0.3) is 10.0 Å². The highest BCUT2D eigenvalue weighted by Crippen LogP contribution is 2.16. The Morgan fingerprint density at radius 3 is 2.69 bits per heavy atom. The molecule has 13 heavy (non-hydrogen) atoms. The van der Waals surface area contributed by atoms with Crippen molar-refractivity contribution < 1.29 is 23.1 Å². The molecule has 1 heterocycles. The van der Waals surface area contributed by atoms with Gasteiger partial charge in [-0.15, -0.1) is 0 Å². The van der Waals surface area contributed by atoms with E-state index in [1.807, 2.05) is 0 Å². The molecule has 0 unspecified atom stereocenters. The third kappa shape index (κ3) is 1.93. The minimum atomic E-state index is -3.99. The first-order chi connectivity index (χ1) is 5.97. The van der Waals surface area contributed by atoms with Gasteiger partial charge in [-0.05, 0) is 6.08 Å². The number of aliphatic carboxylic acids is 1. The fourth-order valence-electron chi connectivity index (χ4n) is 0.844. The van der Waals surface area contributed by atoms with Crippen molar-refractivity contribution in [3.8, 4) is 0 Å². The van der Waals surface area contributed by atoms with Gasteiger partial charge in [0, 0.05) is 7.11 Å². The molecule has 0 aromatic heterocycles. The highest BCUT2D eigenvalue weighted by atomic mass is 32.2. The van der Waals surface area contributed by atoms with E-state index < -0.39 is 20.9 Å². The quantitative estimate of drug-likeness (QED) is 0.663. The second kappa shape index (κ2) is 3.27. The molecule has 1 aliphatic rings. The third-order valence-electron chi connectivity index (χ3n) is 1.32. The van der Waals surface area contributed by atoms with Crippen LogP contribution in [0.15, 0.2) is 15.4 Å². The van der Waals surface area contributed by atoms with Crippen LogP contribution in [0.1, 0.15) is 0 Å². The van der Waals surface area contributed by atoms with Gasteiger partial charge in [0.15, 0.2) is 4.91 Å². The van der Waals surface area contributed by atoms with Crippen molar-refractivity contribution in [2.75, 3.05) is 13.7 Å². The number of carbonyl (C=O) groups is 1. The average molecular weight is 205 g/mol.